The molecule has 0 fully saturated rings. The van der Waals surface area contributed by atoms with Gasteiger partial charge in [0.25, 0.3) is 0 Å². The number of ether oxygens (including phenoxy) is 3. The minimum atomic E-state index is -1.00. The third kappa shape index (κ3) is 6.31. The van der Waals surface area contributed by atoms with E-state index in [0.717, 1.165) is 11.1 Å². The molecule has 1 amide bonds. The van der Waals surface area contributed by atoms with E-state index in [2.05, 4.69) is 5.32 Å². The predicted molar refractivity (Wildman–Crippen MR) is 120 cm³/mol. The Morgan fingerprint density at radius 2 is 1.39 bits per heavy atom. The topological polar surface area (TPSA) is 73.9 Å². The highest BCUT2D eigenvalue weighted by atomic mass is 16.6. The molecule has 0 saturated carbocycles. The number of benzene rings is 2. The fourth-order valence-corrected chi connectivity index (χ4v) is 3.42. The maximum Gasteiger partial charge on any atom is 0.408 e. The second-order valence-corrected chi connectivity index (χ2v) is 8.35. The van der Waals surface area contributed by atoms with Crippen LogP contribution < -0.4 is 5.32 Å². The summed E-state index contributed by atoms with van der Waals surface area (Å²) in [5.41, 5.74) is 0.0804. The number of nitrogens with one attached hydrogen (secondary N) is 1. The van der Waals surface area contributed by atoms with Gasteiger partial charge < -0.3 is 19.5 Å². The molecule has 0 heterocycles. The lowest BCUT2D eigenvalue weighted by Crippen LogP contribution is -2.48. The van der Waals surface area contributed by atoms with Gasteiger partial charge in [0, 0.05) is 6.61 Å². The summed E-state index contributed by atoms with van der Waals surface area (Å²) in [6.45, 7) is 11.0. The first-order chi connectivity index (χ1) is 14.6. The van der Waals surface area contributed by atoms with Crippen LogP contribution in [0.15, 0.2) is 60.7 Å². The number of carbonyl (C=O) groups is 2. The van der Waals surface area contributed by atoms with Crippen LogP contribution in [-0.4, -0.2) is 36.4 Å². The monoisotopic (exact) mass is 427 g/mol. The molecule has 31 heavy (non-hydrogen) atoms. The molecule has 0 aromatic heterocycles. The highest BCUT2D eigenvalue weighted by molar-refractivity contribution is 5.81. The van der Waals surface area contributed by atoms with E-state index in [9.17, 15) is 9.59 Å². The van der Waals surface area contributed by atoms with Gasteiger partial charge in [-0.05, 0) is 52.7 Å². The lowest BCUT2D eigenvalue weighted by Gasteiger charge is -2.39. The summed E-state index contributed by atoms with van der Waals surface area (Å²) < 4.78 is 17.4. The van der Waals surface area contributed by atoms with E-state index in [-0.39, 0.29) is 0 Å². The third-order valence-corrected chi connectivity index (χ3v) is 4.73. The van der Waals surface area contributed by atoms with E-state index in [1.54, 1.807) is 34.6 Å². The van der Waals surface area contributed by atoms with Crippen LogP contribution in [0.2, 0.25) is 0 Å². The maximum atomic E-state index is 12.8. The average Bonchev–Trinajstić information content (AvgIpc) is 2.71. The van der Waals surface area contributed by atoms with Crippen LogP contribution in [0.5, 0.6) is 0 Å². The molecule has 1 N–H and O–H groups in total. The molecule has 0 radical (unpaired) electrons. The van der Waals surface area contributed by atoms with Gasteiger partial charge in [-0.2, -0.15) is 0 Å². The van der Waals surface area contributed by atoms with Crippen LogP contribution in [0.25, 0.3) is 0 Å². The van der Waals surface area contributed by atoms with Gasteiger partial charge >= 0.3 is 12.1 Å². The Labute approximate surface area is 184 Å². The summed E-state index contributed by atoms with van der Waals surface area (Å²) in [6, 6.07) is 18.5. The molecule has 168 valence electrons. The molecule has 0 bridgehead atoms. The van der Waals surface area contributed by atoms with Crippen molar-refractivity contribution in [2.45, 2.75) is 64.9 Å². The minimum absolute atomic E-state index is 0.414. The van der Waals surface area contributed by atoms with Crippen molar-refractivity contribution in [3.05, 3.63) is 71.8 Å². The van der Waals surface area contributed by atoms with Crippen LogP contribution in [-0.2, 0) is 24.6 Å². The molecule has 2 atom stereocenters. The number of carbonyl (C=O) groups excluding carboxylic acids is 2. The van der Waals surface area contributed by atoms with E-state index in [1.165, 1.54) is 0 Å². The SMILES string of the molecule is CCOC(c1ccccc1)(c1ccccc1)[C@H](C)OC(=O)[C@H](C)NC(=O)OC(C)(C)C. The molecule has 2 rings (SSSR count). The van der Waals surface area contributed by atoms with Crippen LogP contribution >= 0.6 is 0 Å². The summed E-state index contributed by atoms with van der Waals surface area (Å²) in [5, 5.41) is 2.53. The second kappa shape index (κ2) is 10.4. The molecule has 0 aliphatic carbocycles. The summed E-state index contributed by atoms with van der Waals surface area (Å²) in [6.07, 6.45) is -1.35. The Hall–Kier alpha value is -2.86. The molecular weight excluding hydrogens is 394 g/mol. The van der Waals surface area contributed by atoms with Gasteiger partial charge in [-0.1, -0.05) is 60.7 Å². The zero-order valence-corrected chi connectivity index (χ0v) is 19.2. The quantitative estimate of drug-likeness (QED) is 0.612. The number of hydrogen-bond acceptors (Lipinski definition) is 5. The zero-order valence-electron chi connectivity index (χ0n) is 19.2. The Morgan fingerprint density at radius 3 is 1.81 bits per heavy atom. The Bertz CT molecular complexity index is 806. The average molecular weight is 428 g/mol. The molecule has 2 aromatic carbocycles. The summed E-state index contributed by atoms with van der Waals surface area (Å²) in [4.78, 5) is 24.9. The van der Waals surface area contributed by atoms with E-state index in [0.29, 0.717) is 6.61 Å². The van der Waals surface area contributed by atoms with Crippen LogP contribution in [0.3, 0.4) is 0 Å². The molecule has 0 unspecified atom stereocenters. The number of alkyl carbamates (subject to hydrolysis) is 1. The standard InChI is InChI=1S/C25H33NO5/c1-7-29-25(20-14-10-8-11-15-20,21-16-12-9-13-17-21)19(3)30-22(27)18(2)26-23(28)31-24(4,5)6/h8-19H,7H2,1-6H3,(H,26,28)/t18-,19-/m0/s1. The number of rotatable bonds is 8. The summed E-state index contributed by atoms with van der Waals surface area (Å²) >= 11 is 0. The molecule has 6 nitrogen and oxygen atoms in total. The molecular formula is C25H33NO5. The first-order valence-corrected chi connectivity index (χ1v) is 10.5. The predicted octanol–water partition coefficient (Wildman–Crippen LogP) is 4.81. The molecule has 0 saturated heterocycles. The van der Waals surface area contributed by atoms with Crippen LogP contribution in [0.4, 0.5) is 4.79 Å². The van der Waals surface area contributed by atoms with Gasteiger partial charge in [-0.3, -0.25) is 0 Å². The van der Waals surface area contributed by atoms with Crippen LogP contribution in [0.1, 0.15) is 52.7 Å². The van der Waals surface area contributed by atoms with Gasteiger partial charge in [0.2, 0.25) is 0 Å². The van der Waals surface area contributed by atoms with E-state index < -0.39 is 35.4 Å². The van der Waals surface area contributed by atoms with Crippen molar-refractivity contribution in [1.82, 2.24) is 5.32 Å². The Kier molecular flexibility index (Phi) is 8.22. The first kappa shape index (κ1) is 24.4. The van der Waals surface area contributed by atoms with Crippen molar-refractivity contribution in [3.63, 3.8) is 0 Å². The van der Waals surface area contributed by atoms with Crippen molar-refractivity contribution in [3.8, 4) is 0 Å². The van der Waals surface area contributed by atoms with Gasteiger partial charge in [0.15, 0.2) is 5.60 Å². The van der Waals surface area contributed by atoms with Gasteiger partial charge in [-0.15, -0.1) is 0 Å². The molecule has 0 spiro atoms. The molecule has 0 aliphatic heterocycles. The first-order valence-electron chi connectivity index (χ1n) is 10.5. The lowest BCUT2D eigenvalue weighted by molar-refractivity contribution is -0.168. The smallest absolute Gasteiger partial charge is 0.408 e. The zero-order chi connectivity index (χ0) is 23.1. The molecule has 6 heteroatoms. The van der Waals surface area contributed by atoms with E-state index in [1.807, 2.05) is 67.6 Å². The van der Waals surface area contributed by atoms with Crippen molar-refractivity contribution in [1.29, 1.82) is 0 Å². The fourth-order valence-electron chi connectivity index (χ4n) is 3.42. The summed E-state index contributed by atoms with van der Waals surface area (Å²) in [5.74, 6) is -0.575. The highest BCUT2D eigenvalue weighted by Gasteiger charge is 2.43. The number of amides is 1. The maximum absolute atomic E-state index is 12.8. The number of esters is 1. The molecule has 2 aromatic rings. The van der Waals surface area contributed by atoms with Crippen molar-refractivity contribution in [2.75, 3.05) is 6.61 Å². The van der Waals surface area contributed by atoms with Crippen molar-refractivity contribution in [2.24, 2.45) is 0 Å². The normalized spacial score (nSPS) is 13.7. The summed E-state index contributed by atoms with van der Waals surface area (Å²) in [7, 11) is 0. The lowest BCUT2D eigenvalue weighted by atomic mass is 9.81. The van der Waals surface area contributed by atoms with Gasteiger partial charge in [0.05, 0.1) is 0 Å². The minimum Gasteiger partial charge on any atom is -0.457 e. The van der Waals surface area contributed by atoms with E-state index >= 15 is 0 Å². The second-order valence-electron chi connectivity index (χ2n) is 8.35. The third-order valence-electron chi connectivity index (χ3n) is 4.73. The highest BCUT2D eigenvalue weighted by Crippen LogP contribution is 2.38. The van der Waals surface area contributed by atoms with E-state index in [4.69, 9.17) is 14.2 Å². The Balaban J connectivity index is 2.30. The largest absolute Gasteiger partial charge is 0.457 e. The van der Waals surface area contributed by atoms with Crippen molar-refractivity contribution >= 4 is 12.1 Å². The van der Waals surface area contributed by atoms with Crippen LogP contribution in [0, 0.1) is 0 Å². The molecule has 0 aliphatic rings. The fraction of sp³-hybridized carbons (Fsp3) is 0.440. The van der Waals surface area contributed by atoms with Crippen molar-refractivity contribution < 1.29 is 23.8 Å². The van der Waals surface area contributed by atoms with Gasteiger partial charge in [-0.25, -0.2) is 9.59 Å². The van der Waals surface area contributed by atoms with Gasteiger partial charge in [0.1, 0.15) is 17.7 Å². The Morgan fingerprint density at radius 1 is 0.903 bits per heavy atom. The number of hydrogen-bond donors (Lipinski definition) is 1.